The van der Waals surface area contributed by atoms with E-state index < -0.39 is 23.0 Å². The Morgan fingerprint density at radius 1 is 1.11 bits per heavy atom. The van der Waals surface area contributed by atoms with Gasteiger partial charge in [0.15, 0.2) is 0 Å². The van der Waals surface area contributed by atoms with Gasteiger partial charge >= 0.3 is 0 Å². The fourth-order valence-corrected chi connectivity index (χ4v) is 6.31. The first-order chi connectivity index (χ1) is 16.9. The van der Waals surface area contributed by atoms with Crippen molar-refractivity contribution in [3.05, 3.63) is 65.3 Å². The van der Waals surface area contributed by atoms with Crippen molar-refractivity contribution in [1.82, 2.24) is 4.98 Å². The molecule has 0 unspecified atom stereocenters. The first-order valence-corrected chi connectivity index (χ1v) is 12.0. The van der Waals surface area contributed by atoms with E-state index in [1.54, 1.807) is 24.3 Å². The van der Waals surface area contributed by atoms with E-state index in [9.17, 15) is 14.9 Å². The molecule has 8 heteroatoms. The van der Waals surface area contributed by atoms with E-state index in [0.717, 1.165) is 0 Å². The number of pyridine rings is 1. The topological polar surface area (TPSA) is 92.5 Å². The van der Waals surface area contributed by atoms with Gasteiger partial charge in [0.05, 0.1) is 52.0 Å². The van der Waals surface area contributed by atoms with Crippen LogP contribution in [0.2, 0.25) is 5.02 Å². The van der Waals surface area contributed by atoms with E-state index in [-0.39, 0.29) is 11.8 Å². The molecule has 3 aromatic rings. The Morgan fingerprint density at radius 2 is 1.89 bits per heavy atom. The molecule has 7 nitrogen and oxygen atoms in total. The fraction of sp³-hybridized carbons (Fsp3) is 0.333. The second-order valence-electron chi connectivity index (χ2n) is 9.65. The molecule has 176 valence electrons. The van der Waals surface area contributed by atoms with Gasteiger partial charge in [0.1, 0.15) is 0 Å². The van der Waals surface area contributed by atoms with Crippen LogP contribution in [0.15, 0.2) is 54.7 Å². The van der Waals surface area contributed by atoms with Gasteiger partial charge in [0.25, 0.3) is 0 Å². The summed E-state index contributed by atoms with van der Waals surface area (Å²) in [5.41, 5.74) is -0.449. The van der Waals surface area contributed by atoms with Crippen molar-refractivity contribution in [3.63, 3.8) is 0 Å². The molecule has 0 radical (unpaired) electrons. The number of hydrogen-bond acceptors (Lipinski definition) is 6. The Kier molecular flexibility index (Phi) is 4.89. The van der Waals surface area contributed by atoms with Crippen molar-refractivity contribution in [2.24, 2.45) is 11.8 Å². The highest BCUT2D eigenvalue weighted by Crippen LogP contribution is 2.62. The zero-order valence-corrected chi connectivity index (χ0v) is 19.8. The molecule has 4 heterocycles. The predicted octanol–water partition coefficient (Wildman–Crippen LogP) is 4.66. The molecule has 3 aliphatic heterocycles. The molecule has 1 aromatic heterocycles. The molecule has 35 heavy (non-hydrogen) atoms. The number of fused-ring (bicyclic) bond motifs is 6. The average Bonchev–Trinajstić information content (AvgIpc) is 3.44. The molecular formula is C27H22ClN3O4. The van der Waals surface area contributed by atoms with Gasteiger partial charge in [-0.1, -0.05) is 35.9 Å². The highest BCUT2D eigenvalue weighted by Gasteiger charge is 2.73. The van der Waals surface area contributed by atoms with E-state index >= 15 is 0 Å². The minimum atomic E-state index is -0.768. The number of carbonyl (C=O) groups is 2. The second kappa shape index (κ2) is 7.77. The smallest absolute Gasteiger partial charge is 0.240 e. The third-order valence-electron chi connectivity index (χ3n) is 7.75. The molecule has 0 spiro atoms. The molecule has 0 N–H and O–H groups in total. The van der Waals surface area contributed by atoms with Crippen LogP contribution in [0.3, 0.4) is 0 Å². The van der Waals surface area contributed by atoms with E-state index in [1.165, 1.54) is 11.1 Å². The molecule has 0 saturated carbocycles. The Labute approximate surface area is 207 Å². The lowest BCUT2D eigenvalue weighted by atomic mass is 9.67. The molecule has 4 atom stereocenters. The predicted molar refractivity (Wildman–Crippen MR) is 129 cm³/mol. The number of halogens is 1. The minimum absolute atomic E-state index is 0.237. The summed E-state index contributed by atoms with van der Waals surface area (Å²) < 4.78 is 12.3. The molecule has 3 fully saturated rings. The Balaban J connectivity index is 1.33. The molecule has 3 saturated heterocycles. The van der Waals surface area contributed by atoms with E-state index in [1.807, 2.05) is 31.2 Å². The number of carbonyl (C=O) groups excluding carboxylic acids is 2. The van der Waals surface area contributed by atoms with E-state index in [0.29, 0.717) is 58.8 Å². The molecule has 0 aliphatic carbocycles. The molecule has 2 amide bonds. The highest BCUT2D eigenvalue weighted by molar-refractivity contribution is 6.30. The highest BCUT2D eigenvalue weighted by atomic mass is 35.5. The molecule has 3 aliphatic rings. The number of hydrogen-bond donors (Lipinski definition) is 0. The van der Waals surface area contributed by atoms with Gasteiger partial charge in [-0.15, -0.1) is 0 Å². The van der Waals surface area contributed by atoms with Gasteiger partial charge in [0, 0.05) is 29.5 Å². The summed E-state index contributed by atoms with van der Waals surface area (Å²) in [6, 6.07) is 16.3. The van der Waals surface area contributed by atoms with Crippen molar-refractivity contribution in [2.75, 3.05) is 11.5 Å². The average molecular weight is 488 g/mol. The fourth-order valence-electron chi connectivity index (χ4n) is 6.20. The normalized spacial score (nSPS) is 29.0. The zero-order chi connectivity index (χ0) is 24.4. The van der Waals surface area contributed by atoms with Gasteiger partial charge in [-0.25, -0.2) is 9.88 Å². The Morgan fingerprint density at radius 3 is 2.63 bits per heavy atom. The lowest BCUT2D eigenvalue weighted by Gasteiger charge is -2.31. The molecular weight excluding hydrogens is 466 g/mol. The molecule has 2 bridgehead atoms. The summed E-state index contributed by atoms with van der Waals surface area (Å²) in [6.45, 7) is 2.24. The lowest BCUT2D eigenvalue weighted by Crippen LogP contribution is -2.43. The maximum atomic E-state index is 13.9. The number of anilines is 1. The lowest BCUT2D eigenvalue weighted by molar-refractivity contribution is -0.131. The zero-order valence-electron chi connectivity index (χ0n) is 19.0. The monoisotopic (exact) mass is 487 g/mol. The SMILES string of the molecule is C[C@]12CC[C@](CCOc3ccc(Cl)cn3)(O1)[C@@H]1C(=O)N(c3ccc(C#N)c4ccccc34)C(=O)[C@@H]12. The van der Waals surface area contributed by atoms with Crippen LogP contribution in [0, 0.1) is 23.2 Å². The number of ether oxygens (including phenoxy) is 2. The maximum Gasteiger partial charge on any atom is 0.240 e. The van der Waals surface area contributed by atoms with Gasteiger partial charge in [-0.05, 0) is 38.0 Å². The van der Waals surface area contributed by atoms with Crippen LogP contribution in [0.25, 0.3) is 10.8 Å². The summed E-state index contributed by atoms with van der Waals surface area (Å²) in [5, 5.41) is 11.5. The summed E-state index contributed by atoms with van der Waals surface area (Å²) in [5.74, 6) is -1.17. The Bertz CT molecular complexity index is 1420. The quantitative estimate of drug-likeness (QED) is 0.486. The standard InChI is InChI=1S/C27H22ClN3O4/c1-26-10-11-27(35-26,12-13-34-21-9-7-17(28)15-30-21)23-22(26)24(32)31(25(23)33)20-8-6-16(14-29)18-4-2-3-5-19(18)20/h2-9,15,22-23H,10-13H2,1H3/t22-,23+,26-,27-/m1/s1. The Hall–Kier alpha value is -3.47. The second-order valence-corrected chi connectivity index (χ2v) is 10.1. The number of benzene rings is 2. The van der Waals surface area contributed by atoms with Crippen LogP contribution in [-0.2, 0) is 14.3 Å². The number of nitrogens with zero attached hydrogens (tertiary/aromatic N) is 3. The number of rotatable bonds is 5. The van der Waals surface area contributed by atoms with Crippen molar-refractivity contribution in [3.8, 4) is 11.9 Å². The number of amides is 2. The van der Waals surface area contributed by atoms with Crippen molar-refractivity contribution in [1.29, 1.82) is 5.26 Å². The van der Waals surface area contributed by atoms with E-state index in [2.05, 4.69) is 11.1 Å². The molecule has 2 aromatic carbocycles. The number of imide groups is 1. The van der Waals surface area contributed by atoms with Crippen LogP contribution in [0.5, 0.6) is 5.88 Å². The van der Waals surface area contributed by atoms with Crippen LogP contribution in [0.1, 0.15) is 31.7 Å². The summed E-state index contributed by atoms with van der Waals surface area (Å²) >= 11 is 5.89. The largest absolute Gasteiger partial charge is 0.478 e. The van der Waals surface area contributed by atoms with Gasteiger partial charge in [0.2, 0.25) is 17.7 Å². The van der Waals surface area contributed by atoms with Crippen LogP contribution >= 0.6 is 11.6 Å². The minimum Gasteiger partial charge on any atom is -0.478 e. The van der Waals surface area contributed by atoms with Gasteiger partial charge < -0.3 is 9.47 Å². The third kappa shape index (κ3) is 3.17. The van der Waals surface area contributed by atoms with Crippen molar-refractivity contribution in [2.45, 2.75) is 37.4 Å². The number of nitriles is 1. The first-order valence-electron chi connectivity index (χ1n) is 11.6. The van der Waals surface area contributed by atoms with Crippen LogP contribution in [0.4, 0.5) is 5.69 Å². The van der Waals surface area contributed by atoms with Crippen molar-refractivity contribution < 1.29 is 19.1 Å². The van der Waals surface area contributed by atoms with Crippen molar-refractivity contribution >= 4 is 39.9 Å². The first kappa shape index (κ1) is 22.0. The summed E-state index contributed by atoms with van der Waals surface area (Å²) in [6.07, 6.45) is 3.37. The third-order valence-corrected chi connectivity index (χ3v) is 7.97. The van der Waals surface area contributed by atoms with Gasteiger partial charge in [-0.3, -0.25) is 9.59 Å². The maximum absolute atomic E-state index is 13.9. The van der Waals surface area contributed by atoms with Crippen LogP contribution in [-0.4, -0.2) is 34.6 Å². The summed E-state index contributed by atoms with van der Waals surface area (Å²) in [7, 11) is 0. The van der Waals surface area contributed by atoms with Crippen LogP contribution < -0.4 is 9.64 Å². The summed E-state index contributed by atoms with van der Waals surface area (Å²) in [4.78, 5) is 33.1. The van der Waals surface area contributed by atoms with E-state index in [4.69, 9.17) is 21.1 Å². The van der Waals surface area contributed by atoms with Gasteiger partial charge in [-0.2, -0.15) is 5.26 Å². The molecule has 6 rings (SSSR count). The number of aromatic nitrogens is 1.